The summed E-state index contributed by atoms with van der Waals surface area (Å²) in [5, 5.41) is 3.58. The van der Waals surface area contributed by atoms with E-state index < -0.39 is 15.1 Å². The molecule has 0 aliphatic carbocycles. The molecule has 0 amide bonds. The first kappa shape index (κ1) is 16.6. The number of nitrogens with zero attached hydrogens (tertiary/aromatic N) is 1. The highest BCUT2D eigenvalue weighted by Gasteiger charge is 2.22. The largest absolute Gasteiger partial charge is 0.312 e. The van der Waals surface area contributed by atoms with Crippen LogP contribution in [0.15, 0.2) is 0 Å². The Kier molecular flexibility index (Phi) is 6.42. The molecule has 0 fully saturated rings. The van der Waals surface area contributed by atoms with Crippen molar-refractivity contribution >= 4 is 21.2 Å². The maximum Gasteiger partial charge on any atom is 0.156 e. The molecule has 1 unspecified atom stereocenters. The molecule has 0 aliphatic heterocycles. The van der Waals surface area contributed by atoms with Gasteiger partial charge >= 0.3 is 0 Å². The van der Waals surface area contributed by atoms with Gasteiger partial charge in [0, 0.05) is 17.7 Å². The number of sulfone groups is 1. The number of thiazole rings is 1. The van der Waals surface area contributed by atoms with Gasteiger partial charge in [-0.1, -0.05) is 20.3 Å². The fourth-order valence-corrected chi connectivity index (χ4v) is 3.81. The molecule has 0 saturated carbocycles. The Morgan fingerprint density at radius 2 is 2.00 bits per heavy atom. The van der Waals surface area contributed by atoms with Crippen LogP contribution in [0.5, 0.6) is 0 Å². The molecule has 0 aromatic carbocycles. The second-order valence-electron chi connectivity index (χ2n) is 4.82. The number of aromatic nitrogens is 1. The number of hydrogen-bond donors (Lipinski definition) is 1. The van der Waals surface area contributed by atoms with Gasteiger partial charge in [-0.2, -0.15) is 0 Å². The van der Waals surface area contributed by atoms with E-state index in [1.165, 1.54) is 22.5 Å². The molecule has 0 bridgehead atoms. The third-order valence-corrected chi connectivity index (χ3v) is 5.92. The minimum Gasteiger partial charge on any atom is -0.312 e. The van der Waals surface area contributed by atoms with E-state index in [1.807, 2.05) is 0 Å². The van der Waals surface area contributed by atoms with Crippen LogP contribution in [0.25, 0.3) is 0 Å². The number of hydrogen-bond acceptors (Lipinski definition) is 5. The third-order valence-electron chi connectivity index (χ3n) is 2.98. The van der Waals surface area contributed by atoms with Gasteiger partial charge in [0.05, 0.1) is 5.69 Å². The zero-order valence-electron chi connectivity index (χ0n) is 12.2. The number of rotatable bonds is 8. The smallest absolute Gasteiger partial charge is 0.156 e. The first-order chi connectivity index (χ1) is 8.90. The topological polar surface area (TPSA) is 59.1 Å². The molecule has 4 nitrogen and oxygen atoms in total. The lowest BCUT2D eigenvalue weighted by molar-refractivity contribution is 0.592. The van der Waals surface area contributed by atoms with Crippen molar-refractivity contribution in [2.45, 2.75) is 51.8 Å². The molecule has 1 N–H and O–H groups in total. The van der Waals surface area contributed by atoms with E-state index in [0.717, 1.165) is 43.1 Å². The summed E-state index contributed by atoms with van der Waals surface area (Å²) in [6, 6.07) is 0. The molecule has 1 atom stereocenters. The summed E-state index contributed by atoms with van der Waals surface area (Å²) < 4.78 is 23.2. The van der Waals surface area contributed by atoms with Gasteiger partial charge in [0.1, 0.15) is 10.3 Å². The Balaban J connectivity index is 2.93. The lowest BCUT2D eigenvalue weighted by atomic mass is 10.2. The zero-order chi connectivity index (χ0) is 14.5. The summed E-state index contributed by atoms with van der Waals surface area (Å²) in [6.45, 7) is 7.72. The van der Waals surface area contributed by atoms with Gasteiger partial charge < -0.3 is 5.32 Å². The third kappa shape index (κ3) is 4.85. The molecule has 0 saturated heterocycles. The zero-order valence-corrected chi connectivity index (χ0v) is 13.8. The van der Waals surface area contributed by atoms with E-state index in [1.54, 1.807) is 6.92 Å². The van der Waals surface area contributed by atoms with Gasteiger partial charge in [-0.05, 0) is 26.3 Å². The van der Waals surface area contributed by atoms with Crippen LogP contribution in [-0.4, -0.2) is 26.2 Å². The Morgan fingerprint density at radius 1 is 1.32 bits per heavy atom. The molecule has 19 heavy (non-hydrogen) atoms. The normalized spacial score (nSPS) is 13.7. The molecule has 1 rings (SSSR count). The van der Waals surface area contributed by atoms with Gasteiger partial charge in [0.2, 0.25) is 0 Å². The predicted molar refractivity (Wildman–Crippen MR) is 81.4 cm³/mol. The molecular weight excluding hydrogens is 280 g/mol. The summed E-state index contributed by atoms with van der Waals surface area (Å²) in [5.41, 5.74) is 1.06. The lowest BCUT2D eigenvalue weighted by Gasteiger charge is -2.04. The molecule has 1 aromatic heterocycles. The Hall–Kier alpha value is -0.460. The Morgan fingerprint density at radius 3 is 2.53 bits per heavy atom. The highest BCUT2D eigenvalue weighted by atomic mass is 32.2. The van der Waals surface area contributed by atoms with Gasteiger partial charge in [-0.15, -0.1) is 11.3 Å². The van der Waals surface area contributed by atoms with Crippen molar-refractivity contribution in [3.8, 4) is 0 Å². The van der Waals surface area contributed by atoms with Gasteiger partial charge in [-0.25, -0.2) is 13.4 Å². The molecular formula is C13H24N2O2S2. The van der Waals surface area contributed by atoms with Crippen LogP contribution in [0.3, 0.4) is 0 Å². The first-order valence-electron chi connectivity index (χ1n) is 6.78. The minimum atomic E-state index is -3.07. The van der Waals surface area contributed by atoms with E-state index in [-0.39, 0.29) is 0 Å². The van der Waals surface area contributed by atoms with Crippen molar-refractivity contribution in [3.63, 3.8) is 0 Å². The van der Waals surface area contributed by atoms with Crippen LogP contribution in [0.2, 0.25) is 0 Å². The molecule has 1 aromatic rings. The van der Waals surface area contributed by atoms with Gasteiger partial charge in [0.25, 0.3) is 0 Å². The molecule has 6 heteroatoms. The summed E-state index contributed by atoms with van der Waals surface area (Å²) >= 11 is 1.53. The van der Waals surface area contributed by atoms with Crippen LogP contribution in [0.1, 0.15) is 54.4 Å². The maximum atomic E-state index is 11.6. The van der Waals surface area contributed by atoms with Crippen molar-refractivity contribution < 1.29 is 8.42 Å². The lowest BCUT2D eigenvalue weighted by Crippen LogP contribution is -2.13. The summed E-state index contributed by atoms with van der Waals surface area (Å²) in [7, 11) is -3.07. The molecule has 110 valence electrons. The van der Waals surface area contributed by atoms with Crippen LogP contribution >= 0.6 is 11.3 Å². The van der Waals surface area contributed by atoms with Crippen LogP contribution in [0.4, 0.5) is 0 Å². The van der Waals surface area contributed by atoms with Crippen molar-refractivity contribution in [3.05, 3.63) is 15.6 Å². The van der Waals surface area contributed by atoms with E-state index in [0.29, 0.717) is 0 Å². The molecule has 0 radical (unpaired) electrons. The predicted octanol–water partition coefficient (Wildman–Crippen LogP) is 2.70. The van der Waals surface area contributed by atoms with Gasteiger partial charge in [-0.3, -0.25) is 0 Å². The first-order valence-corrected chi connectivity index (χ1v) is 9.55. The highest BCUT2D eigenvalue weighted by Crippen LogP contribution is 2.29. The van der Waals surface area contributed by atoms with Crippen molar-refractivity contribution in [1.82, 2.24) is 10.3 Å². The monoisotopic (exact) mass is 304 g/mol. The fraction of sp³-hybridized carbons (Fsp3) is 0.769. The van der Waals surface area contributed by atoms with E-state index in [2.05, 4.69) is 24.1 Å². The molecule has 0 spiro atoms. The molecule has 1 heterocycles. The Labute approximate surface area is 120 Å². The summed E-state index contributed by atoms with van der Waals surface area (Å²) in [4.78, 5) is 5.73. The fourth-order valence-electron chi connectivity index (χ4n) is 1.71. The SMILES string of the molecule is CCCNCc1sc(C(C)S(C)(=O)=O)nc1CCC. The minimum absolute atomic E-state index is 0.506. The summed E-state index contributed by atoms with van der Waals surface area (Å²) in [5.74, 6) is 0. The number of nitrogens with one attached hydrogen (secondary N) is 1. The highest BCUT2D eigenvalue weighted by molar-refractivity contribution is 7.91. The average molecular weight is 304 g/mol. The summed E-state index contributed by atoms with van der Waals surface area (Å²) in [6.07, 6.45) is 4.30. The average Bonchev–Trinajstić information content (AvgIpc) is 2.71. The van der Waals surface area contributed by atoms with Crippen LogP contribution in [0, 0.1) is 0 Å². The van der Waals surface area contributed by atoms with Crippen molar-refractivity contribution in [1.29, 1.82) is 0 Å². The number of aryl methyl sites for hydroxylation is 1. The van der Waals surface area contributed by atoms with E-state index in [4.69, 9.17) is 0 Å². The van der Waals surface area contributed by atoms with Crippen molar-refractivity contribution in [2.24, 2.45) is 0 Å². The van der Waals surface area contributed by atoms with Crippen molar-refractivity contribution in [2.75, 3.05) is 12.8 Å². The van der Waals surface area contributed by atoms with E-state index in [9.17, 15) is 8.42 Å². The van der Waals surface area contributed by atoms with Gasteiger partial charge in [0.15, 0.2) is 9.84 Å². The Bertz CT molecular complexity index is 495. The van der Waals surface area contributed by atoms with Crippen LogP contribution < -0.4 is 5.32 Å². The quantitative estimate of drug-likeness (QED) is 0.750. The van der Waals surface area contributed by atoms with Crippen LogP contribution in [-0.2, 0) is 22.8 Å². The second-order valence-corrected chi connectivity index (χ2v) is 8.30. The van der Waals surface area contributed by atoms with E-state index >= 15 is 0 Å². The maximum absolute atomic E-state index is 11.6. The standard InChI is InChI=1S/C13H24N2O2S2/c1-5-7-11-12(9-14-8-6-2)18-13(15-11)10(3)19(4,16)17/h10,14H,5-9H2,1-4H3. The molecule has 0 aliphatic rings. The second kappa shape index (κ2) is 7.36.